The third-order valence-corrected chi connectivity index (χ3v) is 3.41. The molecule has 0 aromatic heterocycles. The molecule has 0 aliphatic heterocycles. The minimum atomic E-state index is -1.15. The van der Waals surface area contributed by atoms with Gasteiger partial charge in [0, 0.05) is 0 Å². The number of carboxylic acid groups (broad SMARTS) is 1. The number of carbonyl (C=O) groups excluding carboxylic acids is 1. The van der Waals surface area contributed by atoms with Crippen molar-refractivity contribution in [1.29, 1.82) is 0 Å². The van der Waals surface area contributed by atoms with Gasteiger partial charge in [-0.25, -0.2) is 9.59 Å². The van der Waals surface area contributed by atoms with E-state index in [1.54, 1.807) is 12.1 Å². The number of hydrogen-bond acceptors (Lipinski definition) is 3. The predicted molar refractivity (Wildman–Crippen MR) is 74.7 cm³/mol. The van der Waals surface area contributed by atoms with Crippen molar-refractivity contribution in [3.63, 3.8) is 0 Å². The molecule has 0 spiro atoms. The second kappa shape index (κ2) is 5.74. The summed E-state index contributed by atoms with van der Waals surface area (Å²) >= 11 is 0. The summed E-state index contributed by atoms with van der Waals surface area (Å²) in [4.78, 5) is 23.2. The summed E-state index contributed by atoms with van der Waals surface area (Å²) < 4.78 is 5.39. The van der Waals surface area contributed by atoms with E-state index in [0.717, 1.165) is 24.0 Å². The zero-order valence-electron chi connectivity index (χ0n) is 11.1. The van der Waals surface area contributed by atoms with Gasteiger partial charge < -0.3 is 9.84 Å². The lowest BCUT2D eigenvalue weighted by molar-refractivity contribution is 0.0341. The molecule has 1 unspecified atom stereocenters. The van der Waals surface area contributed by atoms with Gasteiger partial charge in [-0.05, 0) is 42.5 Å². The fraction of sp³-hybridized carbons (Fsp3) is 0.250. The Morgan fingerprint density at radius 1 is 1.20 bits per heavy atom. The van der Waals surface area contributed by atoms with Gasteiger partial charge in [0.25, 0.3) is 0 Å². The van der Waals surface area contributed by atoms with E-state index in [-0.39, 0.29) is 11.1 Å². The molecule has 0 amide bonds. The Kier molecular flexibility index (Phi) is 4.03. The Labute approximate surface area is 117 Å². The van der Waals surface area contributed by atoms with Gasteiger partial charge in [-0.3, -0.25) is 0 Å². The van der Waals surface area contributed by atoms with Gasteiger partial charge in [-0.1, -0.05) is 25.3 Å². The van der Waals surface area contributed by atoms with Crippen LogP contribution < -0.4 is 0 Å². The molecule has 1 aliphatic carbocycles. The first-order valence-corrected chi connectivity index (χ1v) is 6.41. The van der Waals surface area contributed by atoms with Crippen LogP contribution in [0.3, 0.4) is 0 Å². The minimum absolute atomic E-state index is 0.0576. The number of aromatic carboxylic acids is 1. The number of carboxylic acids is 1. The molecule has 1 saturated carbocycles. The second-order valence-electron chi connectivity index (χ2n) is 4.77. The molecule has 0 saturated heterocycles. The van der Waals surface area contributed by atoms with Crippen molar-refractivity contribution < 1.29 is 19.4 Å². The highest BCUT2D eigenvalue weighted by atomic mass is 16.5. The number of benzene rings is 1. The normalized spacial score (nSPS) is 18.7. The van der Waals surface area contributed by atoms with Crippen LogP contribution in [0.2, 0.25) is 0 Å². The van der Waals surface area contributed by atoms with Crippen molar-refractivity contribution in [1.82, 2.24) is 0 Å². The Morgan fingerprint density at radius 3 is 2.50 bits per heavy atom. The Morgan fingerprint density at radius 2 is 1.85 bits per heavy atom. The van der Waals surface area contributed by atoms with E-state index in [2.05, 4.69) is 13.2 Å². The standard InChI is InChI=1S/C16H16O4/c1-10-6-5-9-14(11(10)2)20-16(19)13-8-4-3-7-12(13)15(17)18/h3-4,7-8,14H,1-2,5-6,9H2,(H,17,18). The van der Waals surface area contributed by atoms with Crippen molar-refractivity contribution in [3.05, 3.63) is 59.7 Å². The fourth-order valence-corrected chi connectivity index (χ4v) is 2.23. The van der Waals surface area contributed by atoms with E-state index < -0.39 is 18.0 Å². The number of esters is 1. The highest BCUT2D eigenvalue weighted by Crippen LogP contribution is 2.29. The highest BCUT2D eigenvalue weighted by molar-refractivity contribution is 6.02. The maximum Gasteiger partial charge on any atom is 0.339 e. The van der Waals surface area contributed by atoms with Gasteiger partial charge >= 0.3 is 11.9 Å². The molecule has 0 heterocycles. The van der Waals surface area contributed by atoms with E-state index in [9.17, 15) is 9.59 Å². The van der Waals surface area contributed by atoms with Gasteiger partial charge in [-0.15, -0.1) is 0 Å². The Balaban J connectivity index is 2.18. The molecule has 1 aliphatic rings. The van der Waals surface area contributed by atoms with Gasteiger partial charge in [0.2, 0.25) is 0 Å². The van der Waals surface area contributed by atoms with Gasteiger partial charge in [-0.2, -0.15) is 0 Å². The number of hydrogen-bond donors (Lipinski definition) is 1. The summed E-state index contributed by atoms with van der Waals surface area (Å²) in [6.07, 6.45) is 2.03. The van der Waals surface area contributed by atoms with Crippen molar-refractivity contribution in [2.45, 2.75) is 25.4 Å². The van der Waals surface area contributed by atoms with Crippen LogP contribution in [-0.4, -0.2) is 23.1 Å². The van der Waals surface area contributed by atoms with E-state index in [4.69, 9.17) is 9.84 Å². The van der Waals surface area contributed by atoms with Crippen LogP contribution in [0.15, 0.2) is 48.6 Å². The SMILES string of the molecule is C=C1CCCC(OC(=O)c2ccccc2C(=O)O)C1=C. The molecule has 4 nitrogen and oxygen atoms in total. The number of rotatable bonds is 3. The van der Waals surface area contributed by atoms with Crippen LogP contribution in [0.1, 0.15) is 40.0 Å². The van der Waals surface area contributed by atoms with Crippen LogP contribution in [0, 0.1) is 0 Å². The topological polar surface area (TPSA) is 63.6 Å². The maximum atomic E-state index is 12.1. The fourth-order valence-electron chi connectivity index (χ4n) is 2.23. The molecule has 1 N–H and O–H groups in total. The summed E-state index contributed by atoms with van der Waals surface area (Å²) in [7, 11) is 0. The van der Waals surface area contributed by atoms with Crippen LogP contribution in [0.25, 0.3) is 0 Å². The van der Waals surface area contributed by atoms with Crippen LogP contribution in [0.4, 0.5) is 0 Å². The Hall–Kier alpha value is -2.36. The van der Waals surface area contributed by atoms with E-state index >= 15 is 0 Å². The molecular weight excluding hydrogens is 256 g/mol. The van der Waals surface area contributed by atoms with Crippen LogP contribution >= 0.6 is 0 Å². The molecule has 0 bridgehead atoms. The maximum absolute atomic E-state index is 12.1. The second-order valence-corrected chi connectivity index (χ2v) is 4.77. The Bertz CT molecular complexity index is 586. The monoisotopic (exact) mass is 272 g/mol. The molecule has 1 aromatic carbocycles. The highest BCUT2D eigenvalue weighted by Gasteiger charge is 2.26. The molecule has 4 heteroatoms. The molecule has 104 valence electrons. The van der Waals surface area contributed by atoms with E-state index in [1.165, 1.54) is 12.1 Å². The zero-order chi connectivity index (χ0) is 14.7. The van der Waals surface area contributed by atoms with Crippen molar-refractivity contribution in [2.24, 2.45) is 0 Å². The predicted octanol–water partition coefficient (Wildman–Crippen LogP) is 3.21. The number of carbonyl (C=O) groups is 2. The molecule has 1 aromatic rings. The first-order valence-electron chi connectivity index (χ1n) is 6.41. The van der Waals surface area contributed by atoms with E-state index in [1.807, 2.05) is 0 Å². The molecule has 20 heavy (non-hydrogen) atoms. The quantitative estimate of drug-likeness (QED) is 0.858. The molecular formula is C16H16O4. The largest absolute Gasteiger partial charge is 0.478 e. The molecule has 2 rings (SSSR count). The summed E-state index contributed by atoms with van der Waals surface area (Å²) in [6.45, 7) is 7.77. The zero-order valence-corrected chi connectivity index (χ0v) is 11.1. The van der Waals surface area contributed by atoms with Crippen molar-refractivity contribution >= 4 is 11.9 Å². The minimum Gasteiger partial charge on any atom is -0.478 e. The first-order chi connectivity index (χ1) is 9.50. The van der Waals surface area contributed by atoms with Crippen molar-refractivity contribution in [2.75, 3.05) is 0 Å². The first kappa shape index (κ1) is 14.1. The van der Waals surface area contributed by atoms with Gasteiger partial charge in [0.05, 0.1) is 11.1 Å². The average Bonchev–Trinajstić information content (AvgIpc) is 2.43. The lowest BCUT2D eigenvalue weighted by Gasteiger charge is -2.26. The summed E-state index contributed by atoms with van der Waals surface area (Å²) in [5.41, 5.74) is 1.61. The summed E-state index contributed by atoms with van der Waals surface area (Å²) in [5.74, 6) is -1.78. The number of ether oxygens (including phenoxy) is 1. The third kappa shape index (κ3) is 2.79. The third-order valence-electron chi connectivity index (χ3n) is 3.41. The van der Waals surface area contributed by atoms with Crippen LogP contribution in [-0.2, 0) is 4.74 Å². The smallest absolute Gasteiger partial charge is 0.339 e. The van der Waals surface area contributed by atoms with Crippen molar-refractivity contribution in [3.8, 4) is 0 Å². The lowest BCUT2D eigenvalue weighted by Crippen LogP contribution is -2.25. The lowest BCUT2D eigenvalue weighted by atomic mass is 9.89. The van der Waals surface area contributed by atoms with Gasteiger partial charge in [0.15, 0.2) is 0 Å². The molecule has 0 radical (unpaired) electrons. The van der Waals surface area contributed by atoms with Crippen LogP contribution in [0.5, 0.6) is 0 Å². The molecule has 1 atom stereocenters. The summed E-state index contributed by atoms with van der Waals surface area (Å²) in [5, 5.41) is 9.07. The van der Waals surface area contributed by atoms with Gasteiger partial charge in [0.1, 0.15) is 6.10 Å². The van der Waals surface area contributed by atoms with E-state index in [0.29, 0.717) is 6.42 Å². The average molecular weight is 272 g/mol. The summed E-state index contributed by atoms with van der Waals surface area (Å²) in [6, 6.07) is 6.01. The molecule has 1 fully saturated rings.